The maximum atomic E-state index is 12.7. The van der Waals surface area contributed by atoms with Crippen molar-refractivity contribution in [3.63, 3.8) is 0 Å². The van der Waals surface area contributed by atoms with Crippen molar-refractivity contribution in [2.45, 2.75) is 33.7 Å². The van der Waals surface area contributed by atoms with Crippen LogP contribution in [0, 0.1) is 13.8 Å². The molecule has 1 unspecified atom stereocenters. The summed E-state index contributed by atoms with van der Waals surface area (Å²) in [6.07, 6.45) is 1.48. The number of hydrogen-bond donors (Lipinski definition) is 2. The largest absolute Gasteiger partial charge is 0.491 e. The molecule has 2 aromatic rings. The molecule has 1 atom stereocenters. The van der Waals surface area contributed by atoms with Crippen LogP contribution in [0.15, 0.2) is 35.6 Å². The highest BCUT2D eigenvalue weighted by molar-refractivity contribution is 6.44. The molecule has 0 saturated heterocycles. The number of H-pyrrole nitrogens is 1. The zero-order chi connectivity index (χ0) is 21.2. The molecule has 0 spiro atoms. The van der Waals surface area contributed by atoms with Gasteiger partial charge in [-0.05, 0) is 44.9 Å². The van der Waals surface area contributed by atoms with Gasteiger partial charge in [0.2, 0.25) is 6.61 Å². The third-order valence-electron chi connectivity index (χ3n) is 3.88. The first kappa shape index (κ1) is 21.9. The van der Waals surface area contributed by atoms with Crippen molar-refractivity contribution in [3.8, 4) is 5.75 Å². The predicted octanol–water partition coefficient (Wildman–Crippen LogP) is 1.89. The van der Waals surface area contributed by atoms with Crippen LogP contribution in [0.5, 0.6) is 5.75 Å². The average Bonchev–Trinajstić information content (AvgIpc) is 3.19. The number of aryl methyl sites for hydroxylation is 2. The first-order chi connectivity index (χ1) is 13.9. The van der Waals surface area contributed by atoms with E-state index in [4.69, 9.17) is 14.3 Å². The molecule has 2 rings (SSSR count). The Morgan fingerprint density at radius 3 is 2.59 bits per heavy atom. The fourth-order valence-corrected chi connectivity index (χ4v) is 2.52. The third-order valence-corrected chi connectivity index (χ3v) is 3.88. The van der Waals surface area contributed by atoms with Gasteiger partial charge < -0.3 is 19.6 Å². The first-order valence-electron chi connectivity index (χ1n) is 9.27. The number of aromatic amines is 1. The standard InChI is InChI=1S/C20H26N4O5/c1-5-27-17(25)12-29-24-18(16-9-10-21-23-16)20(26)22-15(4)11-28-19-13(2)7-6-8-14(19)3/h6-10,15H,5,11-12H2,1-4H3,(H,21,23)(H,22,26). The van der Waals surface area contributed by atoms with Gasteiger partial charge in [-0.2, -0.15) is 5.10 Å². The topological polar surface area (TPSA) is 115 Å². The van der Waals surface area contributed by atoms with Crippen LogP contribution < -0.4 is 10.1 Å². The summed E-state index contributed by atoms with van der Waals surface area (Å²) in [4.78, 5) is 29.0. The number of ether oxygens (including phenoxy) is 2. The Kier molecular flexibility index (Phi) is 8.20. The molecule has 9 heteroatoms. The Bertz CT molecular complexity index is 828. The second kappa shape index (κ2) is 10.8. The highest BCUT2D eigenvalue weighted by Gasteiger charge is 2.19. The summed E-state index contributed by atoms with van der Waals surface area (Å²) in [5, 5.41) is 13.1. The number of esters is 1. The minimum Gasteiger partial charge on any atom is -0.491 e. The highest BCUT2D eigenvalue weighted by atomic mass is 16.7. The van der Waals surface area contributed by atoms with Crippen LogP contribution in [0.4, 0.5) is 0 Å². The lowest BCUT2D eigenvalue weighted by Gasteiger charge is -2.17. The molecule has 0 aliphatic rings. The number of carbonyl (C=O) groups excluding carboxylic acids is 2. The fourth-order valence-electron chi connectivity index (χ4n) is 2.52. The van der Waals surface area contributed by atoms with Gasteiger partial charge in [0.1, 0.15) is 12.4 Å². The second-order valence-electron chi connectivity index (χ2n) is 6.40. The number of para-hydroxylation sites is 1. The van der Waals surface area contributed by atoms with Crippen molar-refractivity contribution in [3.05, 3.63) is 47.3 Å². The molecule has 156 valence electrons. The molecule has 1 aromatic heterocycles. The van der Waals surface area contributed by atoms with Gasteiger partial charge in [-0.25, -0.2) is 4.79 Å². The number of hydrogen-bond acceptors (Lipinski definition) is 7. The van der Waals surface area contributed by atoms with Gasteiger partial charge in [-0.1, -0.05) is 23.4 Å². The number of amides is 1. The van der Waals surface area contributed by atoms with E-state index in [-0.39, 0.29) is 25.0 Å². The van der Waals surface area contributed by atoms with E-state index in [9.17, 15) is 9.59 Å². The number of benzene rings is 1. The summed E-state index contributed by atoms with van der Waals surface area (Å²) >= 11 is 0. The lowest BCUT2D eigenvalue weighted by molar-refractivity contribution is -0.148. The van der Waals surface area contributed by atoms with Crippen molar-refractivity contribution in [2.24, 2.45) is 5.16 Å². The summed E-state index contributed by atoms with van der Waals surface area (Å²) in [5.74, 6) is -0.263. The Morgan fingerprint density at radius 1 is 1.24 bits per heavy atom. The molecule has 0 bridgehead atoms. The van der Waals surface area contributed by atoms with E-state index in [1.165, 1.54) is 6.20 Å². The van der Waals surface area contributed by atoms with E-state index in [0.717, 1.165) is 16.9 Å². The number of carbonyl (C=O) groups is 2. The molecule has 0 radical (unpaired) electrons. The molecule has 2 N–H and O–H groups in total. The quantitative estimate of drug-likeness (QED) is 0.356. The normalized spacial score (nSPS) is 12.2. The molecule has 29 heavy (non-hydrogen) atoms. The van der Waals surface area contributed by atoms with Crippen LogP contribution in [-0.2, 0) is 19.2 Å². The summed E-state index contributed by atoms with van der Waals surface area (Å²) < 4.78 is 10.6. The van der Waals surface area contributed by atoms with E-state index in [0.29, 0.717) is 5.69 Å². The average molecular weight is 402 g/mol. The molecule has 9 nitrogen and oxygen atoms in total. The van der Waals surface area contributed by atoms with Crippen molar-refractivity contribution in [1.82, 2.24) is 15.5 Å². The van der Waals surface area contributed by atoms with E-state index < -0.39 is 18.5 Å². The first-order valence-corrected chi connectivity index (χ1v) is 9.27. The fraction of sp³-hybridized carbons (Fsp3) is 0.400. The van der Waals surface area contributed by atoms with E-state index in [1.54, 1.807) is 13.0 Å². The Hall–Kier alpha value is -3.36. The van der Waals surface area contributed by atoms with E-state index in [1.807, 2.05) is 39.0 Å². The number of oxime groups is 1. The molecule has 1 amide bonds. The van der Waals surface area contributed by atoms with Crippen molar-refractivity contribution < 1.29 is 23.9 Å². The smallest absolute Gasteiger partial charge is 0.347 e. The van der Waals surface area contributed by atoms with Crippen LogP contribution in [0.25, 0.3) is 0 Å². The van der Waals surface area contributed by atoms with Crippen LogP contribution in [-0.4, -0.2) is 53.6 Å². The minimum absolute atomic E-state index is 0.0364. The number of aromatic nitrogens is 2. The Morgan fingerprint density at radius 2 is 1.97 bits per heavy atom. The highest BCUT2D eigenvalue weighted by Crippen LogP contribution is 2.22. The summed E-state index contributed by atoms with van der Waals surface area (Å²) in [6.45, 7) is 7.55. The maximum Gasteiger partial charge on any atom is 0.347 e. The van der Waals surface area contributed by atoms with Gasteiger partial charge in [0.15, 0.2) is 5.71 Å². The lowest BCUT2D eigenvalue weighted by atomic mass is 10.1. The van der Waals surface area contributed by atoms with Crippen LogP contribution >= 0.6 is 0 Å². The van der Waals surface area contributed by atoms with Crippen molar-refractivity contribution >= 4 is 17.6 Å². The molecule has 0 saturated carbocycles. The zero-order valence-corrected chi connectivity index (χ0v) is 17.0. The monoisotopic (exact) mass is 402 g/mol. The molecular formula is C20H26N4O5. The Labute approximate surface area is 169 Å². The van der Waals surface area contributed by atoms with Gasteiger partial charge >= 0.3 is 5.97 Å². The van der Waals surface area contributed by atoms with Gasteiger partial charge in [0.05, 0.1) is 18.3 Å². The van der Waals surface area contributed by atoms with Crippen LogP contribution in [0.3, 0.4) is 0 Å². The maximum absolute atomic E-state index is 12.7. The SMILES string of the molecule is CCOC(=O)CON=C(C(=O)NC(C)COc1c(C)cccc1C)c1ccn[nH]1. The molecule has 0 aliphatic carbocycles. The lowest BCUT2D eigenvalue weighted by Crippen LogP contribution is -2.41. The number of nitrogens with zero attached hydrogens (tertiary/aromatic N) is 2. The molecule has 0 fully saturated rings. The van der Waals surface area contributed by atoms with Crippen LogP contribution in [0.1, 0.15) is 30.7 Å². The molecule has 1 heterocycles. The van der Waals surface area contributed by atoms with Gasteiger partial charge in [-0.3, -0.25) is 9.89 Å². The van der Waals surface area contributed by atoms with Crippen molar-refractivity contribution in [2.75, 3.05) is 19.8 Å². The zero-order valence-electron chi connectivity index (χ0n) is 17.0. The van der Waals surface area contributed by atoms with Gasteiger partial charge in [0, 0.05) is 6.20 Å². The van der Waals surface area contributed by atoms with Crippen molar-refractivity contribution in [1.29, 1.82) is 0 Å². The summed E-state index contributed by atoms with van der Waals surface area (Å²) in [7, 11) is 0. The molecule has 0 aliphatic heterocycles. The Balaban J connectivity index is 1.98. The van der Waals surface area contributed by atoms with E-state index >= 15 is 0 Å². The van der Waals surface area contributed by atoms with E-state index in [2.05, 4.69) is 20.7 Å². The molecular weight excluding hydrogens is 376 g/mol. The van der Waals surface area contributed by atoms with Gasteiger partial charge in [-0.15, -0.1) is 0 Å². The second-order valence-corrected chi connectivity index (χ2v) is 6.40. The predicted molar refractivity (Wildman–Crippen MR) is 107 cm³/mol. The summed E-state index contributed by atoms with van der Waals surface area (Å²) in [6, 6.07) is 7.17. The summed E-state index contributed by atoms with van der Waals surface area (Å²) in [5.41, 5.74) is 2.37. The van der Waals surface area contributed by atoms with Gasteiger partial charge in [0.25, 0.3) is 5.91 Å². The number of nitrogens with one attached hydrogen (secondary N) is 2. The van der Waals surface area contributed by atoms with Crippen LogP contribution in [0.2, 0.25) is 0 Å². The third kappa shape index (κ3) is 6.63. The molecule has 1 aromatic carbocycles. The number of rotatable bonds is 10. The minimum atomic E-state index is -0.573.